The molecule has 0 saturated carbocycles. The molecule has 19 heavy (non-hydrogen) atoms. The third kappa shape index (κ3) is 2.22. The van der Waals surface area contributed by atoms with Gasteiger partial charge < -0.3 is 4.98 Å². The lowest BCUT2D eigenvalue weighted by Crippen LogP contribution is -2.00. The Morgan fingerprint density at radius 1 is 1.05 bits per heavy atom. The molecule has 0 bridgehead atoms. The van der Waals surface area contributed by atoms with E-state index in [9.17, 15) is 9.59 Å². The standard InChI is InChI=1S/C15H11NO2S/c1-9-2-4-10(5-3-9)14(17)11-6-7-12-13(8-11)19-15(18)16-12/h2-8H,1H3,(H,16,18). The first kappa shape index (κ1) is 11.9. The van der Waals surface area contributed by atoms with Crippen molar-refractivity contribution in [1.82, 2.24) is 4.98 Å². The number of rotatable bonds is 2. The fraction of sp³-hybridized carbons (Fsp3) is 0.0667. The molecule has 0 saturated heterocycles. The van der Waals surface area contributed by atoms with E-state index in [0.717, 1.165) is 27.1 Å². The van der Waals surface area contributed by atoms with Gasteiger partial charge in [-0.05, 0) is 25.1 Å². The van der Waals surface area contributed by atoms with E-state index in [1.54, 1.807) is 18.2 Å². The van der Waals surface area contributed by atoms with Crippen molar-refractivity contribution < 1.29 is 4.79 Å². The van der Waals surface area contributed by atoms with Gasteiger partial charge in [-0.2, -0.15) is 0 Å². The van der Waals surface area contributed by atoms with Gasteiger partial charge in [-0.3, -0.25) is 9.59 Å². The molecular formula is C15H11NO2S. The average molecular weight is 269 g/mol. The number of fused-ring (bicyclic) bond motifs is 1. The maximum atomic E-state index is 12.3. The van der Waals surface area contributed by atoms with Crippen molar-refractivity contribution in [3.05, 3.63) is 68.8 Å². The van der Waals surface area contributed by atoms with Crippen LogP contribution in [0.2, 0.25) is 0 Å². The van der Waals surface area contributed by atoms with Crippen LogP contribution in [0.25, 0.3) is 10.2 Å². The first-order chi connectivity index (χ1) is 9.13. The fourth-order valence-corrected chi connectivity index (χ4v) is 2.73. The summed E-state index contributed by atoms with van der Waals surface area (Å²) >= 11 is 1.12. The zero-order valence-electron chi connectivity index (χ0n) is 10.3. The predicted octanol–water partition coefficient (Wildman–Crippen LogP) is 3.13. The molecule has 2 aromatic carbocycles. The van der Waals surface area contributed by atoms with Crippen LogP contribution in [-0.2, 0) is 0 Å². The second-order valence-electron chi connectivity index (χ2n) is 4.42. The Hall–Kier alpha value is -2.20. The summed E-state index contributed by atoms with van der Waals surface area (Å²) in [4.78, 5) is 26.2. The first-order valence-electron chi connectivity index (χ1n) is 5.88. The van der Waals surface area contributed by atoms with Crippen molar-refractivity contribution in [2.45, 2.75) is 6.92 Å². The summed E-state index contributed by atoms with van der Waals surface area (Å²) in [5, 5.41) is 0. The van der Waals surface area contributed by atoms with Gasteiger partial charge in [-0.25, -0.2) is 0 Å². The lowest BCUT2D eigenvalue weighted by molar-refractivity contribution is 0.103. The molecule has 3 rings (SSSR count). The van der Waals surface area contributed by atoms with Gasteiger partial charge >= 0.3 is 4.87 Å². The summed E-state index contributed by atoms with van der Waals surface area (Å²) in [6, 6.07) is 12.8. The number of aromatic nitrogens is 1. The Balaban J connectivity index is 2.05. The van der Waals surface area contributed by atoms with Crippen molar-refractivity contribution >= 4 is 27.3 Å². The molecule has 4 heteroatoms. The van der Waals surface area contributed by atoms with E-state index in [1.165, 1.54) is 0 Å². The second kappa shape index (κ2) is 4.48. The topological polar surface area (TPSA) is 49.9 Å². The number of hydrogen-bond donors (Lipinski definition) is 1. The maximum absolute atomic E-state index is 12.3. The number of nitrogens with one attached hydrogen (secondary N) is 1. The minimum atomic E-state index is -0.102. The fourth-order valence-electron chi connectivity index (χ4n) is 1.96. The summed E-state index contributed by atoms with van der Waals surface area (Å²) in [6.07, 6.45) is 0. The highest BCUT2D eigenvalue weighted by atomic mass is 32.1. The van der Waals surface area contributed by atoms with E-state index in [1.807, 2.05) is 31.2 Å². The Morgan fingerprint density at radius 2 is 1.74 bits per heavy atom. The minimum Gasteiger partial charge on any atom is -0.312 e. The van der Waals surface area contributed by atoms with Crippen LogP contribution in [0.4, 0.5) is 0 Å². The van der Waals surface area contributed by atoms with Crippen molar-refractivity contribution in [3.8, 4) is 0 Å². The van der Waals surface area contributed by atoms with Gasteiger partial charge in [-0.1, -0.05) is 41.2 Å². The molecular weight excluding hydrogens is 258 g/mol. The predicted molar refractivity (Wildman–Crippen MR) is 77.1 cm³/mol. The van der Waals surface area contributed by atoms with Gasteiger partial charge in [-0.15, -0.1) is 0 Å². The highest BCUT2D eigenvalue weighted by molar-refractivity contribution is 7.16. The molecule has 1 aromatic heterocycles. The molecule has 0 aliphatic heterocycles. The van der Waals surface area contributed by atoms with Gasteiger partial charge in [0, 0.05) is 11.1 Å². The van der Waals surface area contributed by atoms with E-state index < -0.39 is 0 Å². The molecule has 0 spiro atoms. The third-order valence-corrected chi connectivity index (χ3v) is 3.84. The van der Waals surface area contributed by atoms with Gasteiger partial charge in [0.25, 0.3) is 0 Å². The van der Waals surface area contributed by atoms with Crippen LogP contribution in [0.5, 0.6) is 0 Å². The number of H-pyrrole nitrogens is 1. The number of carbonyl (C=O) groups excluding carboxylic acids is 1. The summed E-state index contributed by atoms with van der Waals surface area (Å²) < 4.78 is 0.808. The summed E-state index contributed by atoms with van der Waals surface area (Å²) in [6.45, 7) is 1.98. The van der Waals surface area contributed by atoms with Crippen LogP contribution in [0.3, 0.4) is 0 Å². The van der Waals surface area contributed by atoms with Gasteiger partial charge in [0.15, 0.2) is 5.78 Å². The molecule has 0 unspecified atom stereocenters. The van der Waals surface area contributed by atoms with E-state index in [-0.39, 0.29) is 10.7 Å². The van der Waals surface area contributed by atoms with Crippen molar-refractivity contribution in [3.63, 3.8) is 0 Å². The van der Waals surface area contributed by atoms with Crippen molar-refractivity contribution in [2.75, 3.05) is 0 Å². The van der Waals surface area contributed by atoms with E-state index >= 15 is 0 Å². The number of aromatic amines is 1. The highest BCUT2D eigenvalue weighted by Gasteiger charge is 2.10. The third-order valence-electron chi connectivity index (χ3n) is 3.00. The quantitative estimate of drug-likeness (QED) is 0.727. The molecule has 0 fully saturated rings. The number of benzene rings is 2. The average Bonchev–Trinajstić information content (AvgIpc) is 2.77. The SMILES string of the molecule is Cc1ccc(C(=O)c2ccc3[nH]c(=O)sc3c2)cc1. The van der Waals surface area contributed by atoms with Crippen LogP contribution in [0, 0.1) is 6.92 Å². The molecule has 0 atom stereocenters. The molecule has 1 heterocycles. The molecule has 3 aromatic rings. The Labute approximate surface area is 113 Å². The molecule has 0 aliphatic rings. The lowest BCUT2D eigenvalue weighted by atomic mass is 10.0. The molecule has 1 N–H and O–H groups in total. The zero-order valence-corrected chi connectivity index (χ0v) is 11.1. The van der Waals surface area contributed by atoms with Gasteiger partial charge in [0.1, 0.15) is 0 Å². The number of aryl methyl sites for hydroxylation is 1. The first-order valence-corrected chi connectivity index (χ1v) is 6.69. The van der Waals surface area contributed by atoms with Gasteiger partial charge in [0.2, 0.25) is 0 Å². The number of thiazole rings is 1. The zero-order chi connectivity index (χ0) is 13.4. The molecule has 0 aliphatic carbocycles. The Morgan fingerprint density at radius 3 is 2.47 bits per heavy atom. The normalized spacial score (nSPS) is 10.8. The van der Waals surface area contributed by atoms with Crippen molar-refractivity contribution in [1.29, 1.82) is 0 Å². The highest BCUT2D eigenvalue weighted by Crippen LogP contribution is 2.19. The van der Waals surface area contributed by atoms with Crippen LogP contribution < -0.4 is 4.87 Å². The second-order valence-corrected chi connectivity index (χ2v) is 5.44. The molecule has 94 valence electrons. The van der Waals surface area contributed by atoms with E-state index in [4.69, 9.17) is 0 Å². The molecule has 0 amide bonds. The number of ketones is 1. The van der Waals surface area contributed by atoms with E-state index in [0.29, 0.717) is 11.1 Å². The smallest absolute Gasteiger partial charge is 0.305 e. The molecule has 3 nitrogen and oxygen atoms in total. The number of carbonyl (C=O) groups is 1. The Kier molecular flexibility index (Phi) is 2.80. The Bertz CT molecular complexity index is 812. The lowest BCUT2D eigenvalue weighted by Gasteiger charge is -2.02. The van der Waals surface area contributed by atoms with E-state index in [2.05, 4.69) is 4.98 Å². The van der Waals surface area contributed by atoms with Crippen molar-refractivity contribution in [2.24, 2.45) is 0 Å². The monoisotopic (exact) mass is 269 g/mol. The summed E-state index contributed by atoms with van der Waals surface area (Å²) in [7, 11) is 0. The van der Waals surface area contributed by atoms with Crippen LogP contribution >= 0.6 is 11.3 Å². The van der Waals surface area contributed by atoms with Gasteiger partial charge in [0.05, 0.1) is 10.2 Å². The van der Waals surface area contributed by atoms with Crippen LogP contribution in [0.1, 0.15) is 21.5 Å². The van der Waals surface area contributed by atoms with Crippen LogP contribution in [-0.4, -0.2) is 10.8 Å². The maximum Gasteiger partial charge on any atom is 0.305 e. The minimum absolute atomic E-state index is 0.0252. The molecule has 0 radical (unpaired) electrons. The summed E-state index contributed by atoms with van der Waals surface area (Å²) in [5.74, 6) is -0.0252. The van der Waals surface area contributed by atoms with Crippen LogP contribution in [0.15, 0.2) is 47.3 Å². The summed E-state index contributed by atoms with van der Waals surface area (Å²) in [5.41, 5.74) is 3.16. The number of hydrogen-bond acceptors (Lipinski definition) is 3. The largest absolute Gasteiger partial charge is 0.312 e.